The molecule has 3 nitrogen and oxygen atoms in total. The van der Waals surface area contributed by atoms with Crippen LogP contribution >= 0.6 is 15.9 Å². The summed E-state index contributed by atoms with van der Waals surface area (Å²) in [6, 6.07) is 7.66. The van der Waals surface area contributed by atoms with Crippen molar-refractivity contribution in [3.63, 3.8) is 0 Å². The second kappa shape index (κ2) is 4.16. The Bertz CT molecular complexity index is 465. The number of oxazole rings is 1. The third-order valence-corrected chi connectivity index (χ3v) is 2.74. The maximum atomic E-state index is 5.68. The lowest BCUT2D eigenvalue weighted by molar-refractivity contribution is 0.473. The minimum absolute atomic E-state index is 0.179. The first-order chi connectivity index (χ1) is 7.18. The predicted octanol–water partition coefficient (Wildman–Crippen LogP) is 3.12. The van der Waals surface area contributed by atoms with E-state index in [-0.39, 0.29) is 6.04 Å². The SMILES string of the molecule is CC(N)c1ncc(-c2ccccc2Br)o1. The number of nitrogens with two attached hydrogens (primary N) is 1. The van der Waals surface area contributed by atoms with Gasteiger partial charge in [0.2, 0.25) is 5.89 Å². The first-order valence-corrected chi connectivity index (χ1v) is 5.44. The van der Waals surface area contributed by atoms with Crippen LogP contribution in [0.5, 0.6) is 0 Å². The number of nitrogens with zero attached hydrogens (tertiary/aromatic N) is 1. The summed E-state index contributed by atoms with van der Waals surface area (Å²) in [5, 5.41) is 0. The molecule has 2 aromatic rings. The number of hydrogen-bond donors (Lipinski definition) is 1. The molecule has 78 valence electrons. The Labute approximate surface area is 96.4 Å². The molecule has 1 unspecified atom stereocenters. The topological polar surface area (TPSA) is 52.0 Å². The molecular weight excluding hydrogens is 256 g/mol. The van der Waals surface area contributed by atoms with Gasteiger partial charge in [0.15, 0.2) is 5.76 Å². The summed E-state index contributed by atoms with van der Waals surface area (Å²) in [4.78, 5) is 4.12. The molecule has 0 aliphatic heterocycles. The fourth-order valence-corrected chi connectivity index (χ4v) is 1.76. The van der Waals surface area contributed by atoms with E-state index >= 15 is 0 Å². The number of rotatable bonds is 2. The zero-order valence-electron chi connectivity index (χ0n) is 8.27. The Balaban J connectivity index is 2.42. The molecule has 1 atom stereocenters. The van der Waals surface area contributed by atoms with Crippen molar-refractivity contribution in [3.05, 3.63) is 40.8 Å². The van der Waals surface area contributed by atoms with Gasteiger partial charge in [-0.3, -0.25) is 0 Å². The van der Waals surface area contributed by atoms with Crippen molar-refractivity contribution >= 4 is 15.9 Å². The molecule has 4 heteroatoms. The predicted molar refractivity (Wildman–Crippen MR) is 62.2 cm³/mol. The fraction of sp³-hybridized carbons (Fsp3) is 0.182. The van der Waals surface area contributed by atoms with Crippen molar-refractivity contribution in [2.45, 2.75) is 13.0 Å². The molecule has 0 bridgehead atoms. The van der Waals surface area contributed by atoms with Gasteiger partial charge in [-0.05, 0) is 13.0 Å². The van der Waals surface area contributed by atoms with Gasteiger partial charge in [-0.1, -0.05) is 34.1 Å². The van der Waals surface area contributed by atoms with E-state index in [9.17, 15) is 0 Å². The van der Waals surface area contributed by atoms with E-state index in [0.717, 1.165) is 15.8 Å². The summed E-state index contributed by atoms with van der Waals surface area (Å²) >= 11 is 3.46. The molecule has 0 aliphatic carbocycles. The van der Waals surface area contributed by atoms with Gasteiger partial charge in [0, 0.05) is 10.0 Å². The Morgan fingerprint density at radius 1 is 1.40 bits per heavy atom. The Morgan fingerprint density at radius 3 is 2.73 bits per heavy atom. The van der Waals surface area contributed by atoms with Crippen molar-refractivity contribution < 1.29 is 4.42 Å². The Hall–Kier alpha value is -1.13. The lowest BCUT2D eigenvalue weighted by atomic mass is 10.2. The van der Waals surface area contributed by atoms with E-state index in [1.807, 2.05) is 31.2 Å². The highest BCUT2D eigenvalue weighted by Crippen LogP contribution is 2.29. The standard InChI is InChI=1S/C11H11BrN2O/c1-7(13)11-14-6-10(15-11)8-4-2-3-5-9(8)12/h2-7H,13H2,1H3. The minimum atomic E-state index is -0.179. The van der Waals surface area contributed by atoms with Gasteiger partial charge in [0.1, 0.15) is 0 Å². The minimum Gasteiger partial charge on any atom is -0.439 e. The Kier molecular flexibility index (Phi) is 2.88. The molecule has 0 saturated heterocycles. The van der Waals surface area contributed by atoms with Crippen LogP contribution in [0, 0.1) is 0 Å². The van der Waals surface area contributed by atoms with E-state index < -0.39 is 0 Å². The third-order valence-electron chi connectivity index (χ3n) is 2.05. The van der Waals surface area contributed by atoms with Crippen molar-refractivity contribution in [3.8, 4) is 11.3 Å². The second-order valence-electron chi connectivity index (χ2n) is 3.33. The summed E-state index contributed by atoms with van der Waals surface area (Å²) in [6.07, 6.45) is 1.69. The number of halogens is 1. The van der Waals surface area contributed by atoms with Crippen molar-refractivity contribution in [1.29, 1.82) is 0 Å². The zero-order valence-corrected chi connectivity index (χ0v) is 9.86. The number of benzene rings is 1. The summed E-state index contributed by atoms with van der Waals surface area (Å²) < 4.78 is 6.53. The normalized spacial score (nSPS) is 12.7. The van der Waals surface area contributed by atoms with Crippen LogP contribution < -0.4 is 5.73 Å². The van der Waals surface area contributed by atoms with Crippen LogP contribution in [-0.2, 0) is 0 Å². The summed E-state index contributed by atoms with van der Waals surface area (Å²) in [7, 11) is 0. The molecule has 0 fully saturated rings. The second-order valence-corrected chi connectivity index (χ2v) is 4.19. The highest BCUT2D eigenvalue weighted by molar-refractivity contribution is 9.10. The molecule has 2 rings (SSSR count). The monoisotopic (exact) mass is 266 g/mol. The maximum Gasteiger partial charge on any atom is 0.211 e. The summed E-state index contributed by atoms with van der Waals surface area (Å²) in [5.74, 6) is 1.29. The number of hydrogen-bond acceptors (Lipinski definition) is 3. The van der Waals surface area contributed by atoms with E-state index in [0.29, 0.717) is 5.89 Å². The first-order valence-electron chi connectivity index (χ1n) is 4.64. The van der Waals surface area contributed by atoms with Crippen LogP contribution in [0.3, 0.4) is 0 Å². The van der Waals surface area contributed by atoms with Gasteiger partial charge in [-0.25, -0.2) is 4.98 Å². The molecular formula is C11H11BrN2O. The van der Waals surface area contributed by atoms with Crippen LogP contribution in [0.1, 0.15) is 18.9 Å². The molecule has 2 N–H and O–H groups in total. The molecule has 0 saturated carbocycles. The fourth-order valence-electron chi connectivity index (χ4n) is 1.28. The molecule has 1 aromatic carbocycles. The van der Waals surface area contributed by atoms with Gasteiger partial charge in [-0.2, -0.15) is 0 Å². The van der Waals surface area contributed by atoms with Crippen LogP contribution in [0.4, 0.5) is 0 Å². The Morgan fingerprint density at radius 2 is 2.13 bits per heavy atom. The van der Waals surface area contributed by atoms with Crippen molar-refractivity contribution in [2.75, 3.05) is 0 Å². The van der Waals surface area contributed by atoms with Crippen LogP contribution in [0.15, 0.2) is 39.4 Å². The average Bonchev–Trinajstić information content (AvgIpc) is 2.67. The van der Waals surface area contributed by atoms with E-state index in [1.165, 1.54) is 0 Å². The van der Waals surface area contributed by atoms with Gasteiger partial charge < -0.3 is 10.2 Å². The quantitative estimate of drug-likeness (QED) is 0.909. The molecule has 1 aromatic heterocycles. The molecule has 15 heavy (non-hydrogen) atoms. The van der Waals surface area contributed by atoms with Crippen LogP contribution in [0.25, 0.3) is 11.3 Å². The molecule has 0 radical (unpaired) electrons. The summed E-state index contributed by atoms with van der Waals surface area (Å²) in [6.45, 7) is 1.84. The smallest absolute Gasteiger partial charge is 0.211 e. The van der Waals surface area contributed by atoms with Gasteiger partial charge >= 0.3 is 0 Å². The third kappa shape index (κ3) is 2.11. The lowest BCUT2D eigenvalue weighted by Gasteiger charge is -2.00. The lowest BCUT2D eigenvalue weighted by Crippen LogP contribution is -2.04. The molecule has 0 aliphatic rings. The zero-order chi connectivity index (χ0) is 10.8. The van der Waals surface area contributed by atoms with Crippen molar-refractivity contribution in [1.82, 2.24) is 4.98 Å². The average molecular weight is 267 g/mol. The summed E-state index contributed by atoms with van der Waals surface area (Å²) in [5.41, 5.74) is 6.66. The maximum absolute atomic E-state index is 5.68. The molecule has 0 spiro atoms. The van der Waals surface area contributed by atoms with E-state index in [1.54, 1.807) is 6.20 Å². The van der Waals surface area contributed by atoms with E-state index in [4.69, 9.17) is 10.2 Å². The van der Waals surface area contributed by atoms with Crippen LogP contribution in [0.2, 0.25) is 0 Å². The highest BCUT2D eigenvalue weighted by Gasteiger charge is 2.11. The van der Waals surface area contributed by atoms with Crippen molar-refractivity contribution in [2.24, 2.45) is 5.73 Å². The van der Waals surface area contributed by atoms with Gasteiger partial charge in [-0.15, -0.1) is 0 Å². The first kappa shape index (κ1) is 10.4. The van der Waals surface area contributed by atoms with Gasteiger partial charge in [0.05, 0.1) is 12.2 Å². The molecule has 1 heterocycles. The largest absolute Gasteiger partial charge is 0.439 e. The van der Waals surface area contributed by atoms with Gasteiger partial charge in [0.25, 0.3) is 0 Å². The van der Waals surface area contributed by atoms with E-state index in [2.05, 4.69) is 20.9 Å². The number of aromatic nitrogens is 1. The molecule has 0 amide bonds. The van der Waals surface area contributed by atoms with Crippen LogP contribution in [-0.4, -0.2) is 4.98 Å². The highest BCUT2D eigenvalue weighted by atomic mass is 79.9.